The molecule has 0 unspecified atom stereocenters. The molecule has 0 saturated carbocycles. The second-order valence-electron chi connectivity index (χ2n) is 6.68. The van der Waals surface area contributed by atoms with Crippen molar-refractivity contribution in [3.63, 3.8) is 0 Å². The third kappa shape index (κ3) is 5.26. The number of rotatable bonds is 7. The second kappa shape index (κ2) is 8.97. The van der Waals surface area contributed by atoms with Gasteiger partial charge in [-0.3, -0.25) is 14.0 Å². The molecule has 4 aromatic rings. The molecule has 158 valence electrons. The van der Waals surface area contributed by atoms with E-state index in [1.54, 1.807) is 30.5 Å². The molecule has 4 rings (SSSR count). The predicted molar refractivity (Wildman–Crippen MR) is 115 cm³/mol. The van der Waals surface area contributed by atoms with Crippen molar-refractivity contribution in [3.8, 4) is 11.5 Å². The minimum atomic E-state index is -0.371. The molecule has 0 spiro atoms. The van der Waals surface area contributed by atoms with Crippen LogP contribution in [-0.4, -0.2) is 21.9 Å². The third-order valence-electron chi connectivity index (χ3n) is 4.24. The highest BCUT2D eigenvalue weighted by Crippen LogP contribution is 2.18. The van der Waals surface area contributed by atoms with E-state index in [4.69, 9.17) is 9.47 Å². The summed E-state index contributed by atoms with van der Waals surface area (Å²) in [4.78, 5) is 30.2. The Bertz CT molecular complexity index is 1270. The number of carbonyl (C=O) groups is 1. The fourth-order valence-corrected chi connectivity index (χ4v) is 3.65. The van der Waals surface area contributed by atoms with Crippen molar-refractivity contribution in [3.05, 3.63) is 87.5 Å². The van der Waals surface area contributed by atoms with Crippen LogP contribution in [0.3, 0.4) is 0 Å². The van der Waals surface area contributed by atoms with Crippen molar-refractivity contribution >= 4 is 27.9 Å². The summed E-state index contributed by atoms with van der Waals surface area (Å²) in [7, 11) is 0. The van der Waals surface area contributed by atoms with Crippen LogP contribution in [0.5, 0.6) is 11.5 Å². The number of amides is 1. The van der Waals surface area contributed by atoms with E-state index in [9.17, 15) is 14.0 Å². The molecule has 0 radical (unpaired) electrons. The molecule has 0 fully saturated rings. The Balaban J connectivity index is 1.30. The lowest BCUT2D eigenvalue weighted by atomic mass is 10.3. The van der Waals surface area contributed by atoms with Crippen LogP contribution in [0, 0.1) is 12.7 Å². The molecule has 0 atom stereocenters. The van der Waals surface area contributed by atoms with Gasteiger partial charge in [-0.2, -0.15) is 0 Å². The van der Waals surface area contributed by atoms with Crippen LogP contribution in [0.2, 0.25) is 0 Å². The van der Waals surface area contributed by atoms with Crippen LogP contribution in [0.15, 0.2) is 65.6 Å². The van der Waals surface area contributed by atoms with Crippen LogP contribution in [-0.2, 0) is 11.4 Å². The molecule has 0 aliphatic heterocycles. The van der Waals surface area contributed by atoms with E-state index in [0.717, 1.165) is 4.88 Å². The lowest BCUT2D eigenvalue weighted by Gasteiger charge is -2.09. The minimum absolute atomic E-state index is 0.145. The Kier molecular flexibility index (Phi) is 5.94. The molecule has 0 saturated heterocycles. The molecule has 1 amide bonds. The molecule has 2 aromatic carbocycles. The standard InChI is InChI=1S/C22H18FN3O4S/c1-14-11-26-21(28)10-17(25-22(26)31-14)12-29-19-8-4-16(5-9-19)24-20(27)13-30-18-6-2-15(23)3-7-18/h2-11H,12-13H2,1H3,(H,24,27). The van der Waals surface area contributed by atoms with Crippen LogP contribution >= 0.6 is 11.3 Å². The number of halogens is 1. The van der Waals surface area contributed by atoms with E-state index >= 15 is 0 Å². The summed E-state index contributed by atoms with van der Waals surface area (Å²) in [5, 5.41) is 2.71. The zero-order chi connectivity index (χ0) is 21.8. The fraction of sp³-hybridized carbons (Fsp3) is 0.136. The minimum Gasteiger partial charge on any atom is -0.487 e. The van der Waals surface area contributed by atoms with Gasteiger partial charge in [-0.25, -0.2) is 9.37 Å². The number of aromatic nitrogens is 2. The third-order valence-corrected chi connectivity index (χ3v) is 5.14. The Morgan fingerprint density at radius 1 is 1.10 bits per heavy atom. The van der Waals surface area contributed by atoms with Gasteiger partial charge in [-0.15, -0.1) is 11.3 Å². The van der Waals surface area contributed by atoms with Crippen molar-refractivity contribution in [2.45, 2.75) is 13.5 Å². The zero-order valence-corrected chi connectivity index (χ0v) is 17.3. The number of thiazole rings is 1. The van der Waals surface area contributed by atoms with Crippen molar-refractivity contribution in [2.24, 2.45) is 0 Å². The number of hydrogen-bond donors (Lipinski definition) is 1. The number of anilines is 1. The number of ether oxygens (including phenoxy) is 2. The predicted octanol–water partition coefficient (Wildman–Crippen LogP) is 3.80. The number of nitrogens with zero attached hydrogens (tertiary/aromatic N) is 2. The van der Waals surface area contributed by atoms with E-state index in [2.05, 4.69) is 10.3 Å². The van der Waals surface area contributed by atoms with Gasteiger partial charge in [0.05, 0.1) is 5.69 Å². The first-order chi connectivity index (χ1) is 15.0. The first kappa shape index (κ1) is 20.5. The van der Waals surface area contributed by atoms with E-state index in [1.165, 1.54) is 46.1 Å². The molecule has 0 bridgehead atoms. The molecular formula is C22H18FN3O4S. The maximum absolute atomic E-state index is 12.9. The van der Waals surface area contributed by atoms with Gasteiger partial charge in [-0.05, 0) is 55.5 Å². The number of nitrogens with one attached hydrogen (secondary N) is 1. The highest BCUT2D eigenvalue weighted by Gasteiger charge is 2.07. The fourth-order valence-electron chi connectivity index (χ4n) is 2.80. The molecule has 0 aliphatic rings. The van der Waals surface area contributed by atoms with E-state index < -0.39 is 0 Å². The summed E-state index contributed by atoms with van der Waals surface area (Å²) in [6.45, 7) is 1.87. The van der Waals surface area contributed by atoms with Crippen molar-refractivity contribution in [1.29, 1.82) is 0 Å². The monoisotopic (exact) mass is 439 g/mol. The largest absolute Gasteiger partial charge is 0.487 e. The van der Waals surface area contributed by atoms with Gasteiger partial charge in [0.15, 0.2) is 11.6 Å². The molecule has 0 aliphatic carbocycles. The topological polar surface area (TPSA) is 81.9 Å². The Morgan fingerprint density at radius 3 is 2.52 bits per heavy atom. The smallest absolute Gasteiger partial charge is 0.262 e. The van der Waals surface area contributed by atoms with Crippen molar-refractivity contribution < 1.29 is 18.7 Å². The van der Waals surface area contributed by atoms with Gasteiger partial charge < -0.3 is 14.8 Å². The number of aryl methyl sites for hydroxylation is 1. The van der Waals surface area contributed by atoms with Crippen LogP contribution in [0.4, 0.5) is 10.1 Å². The highest BCUT2D eigenvalue weighted by atomic mass is 32.1. The van der Waals surface area contributed by atoms with Crippen molar-refractivity contribution in [2.75, 3.05) is 11.9 Å². The molecule has 9 heteroatoms. The summed E-state index contributed by atoms with van der Waals surface area (Å²) < 4.78 is 25.4. The maximum atomic E-state index is 12.9. The molecule has 7 nitrogen and oxygen atoms in total. The summed E-state index contributed by atoms with van der Waals surface area (Å²) in [5.41, 5.74) is 0.975. The normalized spacial score (nSPS) is 10.8. The zero-order valence-electron chi connectivity index (χ0n) is 16.5. The maximum Gasteiger partial charge on any atom is 0.262 e. The number of fused-ring (bicyclic) bond motifs is 1. The van der Waals surface area contributed by atoms with Gasteiger partial charge in [0.1, 0.15) is 23.9 Å². The lowest BCUT2D eigenvalue weighted by Crippen LogP contribution is -2.20. The van der Waals surface area contributed by atoms with Crippen LogP contribution < -0.4 is 20.3 Å². The van der Waals surface area contributed by atoms with Crippen LogP contribution in [0.25, 0.3) is 4.96 Å². The van der Waals surface area contributed by atoms with E-state index in [-0.39, 0.29) is 30.5 Å². The number of carbonyl (C=O) groups excluding carboxylic acids is 1. The summed E-state index contributed by atoms with van der Waals surface area (Å²) in [6, 6.07) is 13.7. The quantitative estimate of drug-likeness (QED) is 0.474. The second-order valence-corrected chi connectivity index (χ2v) is 7.90. The molecule has 31 heavy (non-hydrogen) atoms. The summed E-state index contributed by atoms with van der Waals surface area (Å²) in [5.74, 6) is 0.265. The highest BCUT2D eigenvalue weighted by molar-refractivity contribution is 7.16. The SMILES string of the molecule is Cc1cn2c(=O)cc(COc3ccc(NC(=O)COc4ccc(F)cc4)cc3)nc2s1. The van der Waals surface area contributed by atoms with Gasteiger partial charge >= 0.3 is 0 Å². The molecular weight excluding hydrogens is 421 g/mol. The Hall–Kier alpha value is -3.72. The lowest BCUT2D eigenvalue weighted by molar-refractivity contribution is -0.118. The Morgan fingerprint density at radius 2 is 1.77 bits per heavy atom. The summed E-state index contributed by atoms with van der Waals surface area (Å²) >= 11 is 1.44. The average molecular weight is 439 g/mol. The first-order valence-corrected chi connectivity index (χ1v) is 10.2. The van der Waals surface area contributed by atoms with Gasteiger partial charge in [-0.1, -0.05) is 0 Å². The summed E-state index contributed by atoms with van der Waals surface area (Å²) in [6.07, 6.45) is 1.76. The first-order valence-electron chi connectivity index (χ1n) is 9.36. The number of benzene rings is 2. The van der Waals surface area contributed by atoms with Gasteiger partial charge in [0, 0.05) is 22.8 Å². The van der Waals surface area contributed by atoms with Gasteiger partial charge in [0.25, 0.3) is 11.5 Å². The van der Waals surface area contributed by atoms with E-state index in [1.807, 2.05) is 6.92 Å². The Labute approximate surface area is 180 Å². The molecule has 1 N–H and O–H groups in total. The van der Waals surface area contributed by atoms with Gasteiger partial charge in [0.2, 0.25) is 0 Å². The molecule has 2 heterocycles. The van der Waals surface area contributed by atoms with Crippen molar-refractivity contribution in [1.82, 2.24) is 9.38 Å². The average Bonchev–Trinajstić information content (AvgIpc) is 3.14. The van der Waals surface area contributed by atoms with Crippen LogP contribution in [0.1, 0.15) is 10.6 Å². The number of hydrogen-bond acceptors (Lipinski definition) is 6. The van der Waals surface area contributed by atoms with E-state index in [0.29, 0.717) is 27.8 Å². The molecule has 2 aromatic heterocycles.